The third-order valence-electron chi connectivity index (χ3n) is 2.66. The SMILES string of the molecule is CCOC(=O)C(CC)C(=O)OCc1cnnc(OCOC)c1. The first-order chi connectivity index (χ1) is 10.6. The highest BCUT2D eigenvalue weighted by Gasteiger charge is 2.27. The molecule has 0 amide bonds. The first-order valence-electron chi connectivity index (χ1n) is 6.88. The van der Waals surface area contributed by atoms with E-state index in [0.29, 0.717) is 12.0 Å². The van der Waals surface area contributed by atoms with Crippen LogP contribution in [-0.4, -0.2) is 42.6 Å². The average Bonchev–Trinajstić information content (AvgIpc) is 2.52. The molecule has 8 nitrogen and oxygen atoms in total. The lowest BCUT2D eigenvalue weighted by Crippen LogP contribution is -2.27. The highest BCUT2D eigenvalue weighted by Crippen LogP contribution is 2.12. The molecular weight excluding hydrogens is 292 g/mol. The van der Waals surface area contributed by atoms with Gasteiger partial charge in [-0.05, 0) is 13.3 Å². The van der Waals surface area contributed by atoms with E-state index in [4.69, 9.17) is 18.9 Å². The van der Waals surface area contributed by atoms with E-state index < -0.39 is 17.9 Å². The van der Waals surface area contributed by atoms with Gasteiger partial charge in [0.15, 0.2) is 12.7 Å². The molecule has 0 aliphatic heterocycles. The normalized spacial score (nSPS) is 11.6. The molecule has 0 N–H and O–H groups in total. The largest absolute Gasteiger partial charge is 0.465 e. The van der Waals surface area contributed by atoms with Crippen LogP contribution in [0.15, 0.2) is 12.3 Å². The van der Waals surface area contributed by atoms with Gasteiger partial charge in [0.1, 0.15) is 6.61 Å². The Labute approximate surface area is 128 Å². The summed E-state index contributed by atoms with van der Waals surface area (Å²) in [5, 5.41) is 7.47. The number of ether oxygens (including phenoxy) is 4. The van der Waals surface area contributed by atoms with Crippen LogP contribution in [0.1, 0.15) is 25.8 Å². The van der Waals surface area contributed by atoms with E-state index in [1.165, 1.54) is 13.3 Å². The zero-order valence-electron chi connectivity index (χ0n) is 12.9. The van der Waals surface area contributed by atoms with Crippen LogP contribution in [0.4, 0.5) is 0 Å². The molecule has 0 aliphatic carbocycles. The second-order valence-corrected chi connectivity index (χ2v) is 4.27. The first-order valence-corrected chi connectivity index (χ1v) is 6.88. The Balaban J connectivity index is 2.57. The van der Waals surface area contributed by atoms with E-state index in [2.05, 4.69) is 10.2 Å². The molecule has 1 heterocycles. The molecule has 1 unspecified atom stereocenters. The molecule has 0 aliphatic rings. The molecule has 8 heteroatoms. The molecule has 0 saturated heterocycles. The van der Waals surface area contributed by atoms with Crippen LogP contribution in [0.5, 0.6) is 5.88 Å². The fraction of sp³-hybridized carbons (Fsp3) is 0.571. The van der Waals surface area contributed by atoms with Crippen LogP contribution >= 0.6 is 0 Å². The summed E-state index contributed by atoms with van der Waals surface area (Å²) in [6.45, 7) is 3.62. The maximum absolute atomic E-state index is 11.9. The number of hydrogen-bond donors (Lipinski definition) is 0. The van der Waals surface area contributed by atoms with Crippen LogP contribution in [0.3, 0.4) is 0 Å². The molecule has 0 radical (unpaired) electrons. The summed E-state index contributed by atoms with van der Waals surface area (Å²) in [5.74, 6) is -1.86. The van der Waals surface area contributed by atoms with Crippen LogP contribution in [0, 0.1) is 5.92 Å². The number of hydrogen-bond acceptors (Lipinski definition) is 8. The molecule has 22 heavy (non-hydrogen) atoms. The lowest BCUT2D eigenvalue weighted by Gasteiger charge is -2.13. The van der Waals surface area contributed by atoms with Crippen molar-refractivity contribution < 1.29 is 28.5 Å². The maximum Gasteiger partial charge on any atom is 0.320 e. The number of carbonyl (C=O) groups is 2. The van der Waals surface area contributed by atoms with Crippen molar-refractivity contribution in [2.45, 2.75) is 26.9 Å². The molecule has 1 aromatic heterocycles. The van der Waals surface area contributed by atoms with Gasteiger partial charge in [-0.25, -0.2) is 0 Å². The molecule has 1 rings (SSSR count). The van der Waals surface area contributed by atoms with Gasteiger partial charge in [-0.1, -0.05) is 6.92 Å². The maximum atomic E-state index is 11.9. The van der Waals surface area contributed by atoms with Crippen molar-refractivity contribution in [2.24, 2.45) is 5.92 Å². The standard InChI is InChI=1S/C14H20N2O6/c1-4-11(13(17)20-5-2)14(18)21-8-10-6-12(16-15-7-10)22-9-19-3/h6-7,11H,4-5,8-9H2,1-3H3. The summed E-state index contributed by atoms with van der Waals surface area (Å²) in [4.78, 5) is 23.5. The fourth-order valence-electron chi connectivity index (χ4n) is 1.58. The predicted octanol–water partition coefficient (Wildman–Crippen LogP) is 1.09. The van der Waals surface area contributed by atoms with E-state index in [1.807, 2.05) is 0 Å². The van der Waals surface area contributed by atoms with Crippen molar-refractivity contribution in [1.29, 1.82) is 0 Å². The number of methoxy groups -OCH3 is 1. The minimum atomic E-state index is -0.918. The topological polar surface area (TPSA) is 96.8 Å². The molecule has 0 saturated carbocycles. The summed E-state index contributed by atoms with van der Waals surface area (Å²) in [6, 6.07) is 1.57. The Morgan fingerprint density at radius 2 is 1.95 bits per heavy atom. The molecule has 0 spiro atoms. The van der Waals surface area contributed by atoms with E-state index >= 15 is 0 Å². The molecule has 0 bridgehead atoms. The molecule has 1 atom stereocenters. The van der Waals surface area contributed by atoms with Gasteiger partial charge in [-0.2, -0.15) is 5.10 Å². The Kier molecular flexibility index (Phi) is 7.84. The minimum absolute atomic E-state index is 0.0341. The van der Waals surface area contributed by atoms with Crippen molar-refractivity contribution in [1.82, 2.24) is 10.2 Å². The fourth-order valence-corrected chi connectivity index (χ4v) is 1.58. The summed E-state index contributed by atoms with van der Waals surface area (Å²) in [7, 11) is 1.49. The Morgan fingerprint density at radius 3 is 2.59 bits per heavy atom. The smallest absolute Gasteiger partial charge is 0.320 e. The van der Waals surface area contributed by atoms with Gasteiger partial charge in [0.05, 0.1) is 12.8 Å². The first kappa shape index (κ1) is 17.8. The molecule has 0 fully saturated rings. The number of rotatable bonds is 9. The molecule has 122 valence electrons. The van der Waals surface area contributed by atoms with Gasteiger partial charge in [0.2, 0.25) is 5.88 Å². The number of esters is 2. The van der Waals surface area contributed by atoms with Crippen molar-refractivity contribution in [3.8, 4) is 5.88 Å². The number of carbonyl (C=O) groups excluding carboxylic acids is 2. The quantitative estimate of drug-likeness (QED) is 0.380. The summed E-state index contributed by atoms with van der Waals surface area (Å²) in [5.41, 5.74) is 0.591. The van der Waals surface area contributed by atoms with E-state index in [-0.39, 0.29) is 25.9 Å². The average molecular weight is 312 g/mol. The van der Waals surface area contributed by atoms with Crippen LogP contribution < -0.4 is 4.74 Å². The molecule has 0 aromatic carbocycles. The second-order valence-electron chi connectivity index (χ2n) is 4.27. The Hall–Kier alpha value is -2.22. The molecular formula is C14H20N2O6. The third kappa shape index (κ3) is 5.65. The summed E-state index contributed by atoms with van der Waals surface area (Å²) in [6.07, 6.45) is 1.76. The van der Waals surface area contributed by atoms with Gasteiger partial charge in [-0.3, -0.25) is 9.59 Å². The minimum Gasteiger partial charge on any atom is -0.465 e. The van der Waals surface area contributed by atoms with Crippen LogP contribution in [-0.2, 0) is 30.4 Å². The summed E-state index contributed by atoms with van der Waals surface area (Å²) >= 11 is 0. The second kappa shape index (κ2) is 9.67. The van der Waals surface area contributed by atoms with Crippen molar-refractivity contribution in [2.75, 3.05) is 20.5 Å². The Bertz CT molecular complexity index is 494. The molecule has 1 aromatic rings. The van der Waals surface area contributed by atoms with Gasteiger partial charge in [0, 0.05) is 18.7 Å². The van der Waals surface area contributed by atoms with E-state index in [1.54, 1.807) is 19.9 Å². The van der Waals surface area contributed by atoms with Gasteiger partial charge in [-0.15, -0.1) is 5.10 Å². The van der Waals surface area contributed by atoms with Gasteiger partial charge >= 0.3 is 11.9 Å². The summed E-state index contributed by atoms with van der Waals surface area (Å²) < 4.78 is 19.8. The highest BCUT2D eigenvalue weighted by molar-refractivity contribution is 5.94. The van der Waals surface area contributed by atoms with Crippen molar-refractivity contribution >= 4 is 11.9 Å². The number of nitrogens with zero attached hydrogens (tertiary/aromatic N) is 2. The van der Waals surface area contributed by atoms with E-state index in [0.717, 1.165) is 0 Å². The zero-order valence-corrected chi connectivity index (χ0v) is 12.9. The monoisotopic (exact) mass is 312 g/mol. The van der Waals surface area contributed by atoms with Crippen molar-refractivity contribution in [3.63, 3.8) is 0 Å². The Morgan fingerprint density at radius 1 is 1.23 bits per heavy atom. The van der Waals surface area contributed by atoms with Crippen molar-refractivity contribution in [3.05, 3.63) is 17.8 Å². The zero-order chi connectivity index (χ0) is 16.4. The lowest BCUT2D eigenvalue weighted by molar-refractivity contribution is -0.162. The van der Waals surface area contributed by atoms with Gasteiger partial charge in [0.25, 0.3) is 0 Å². The lowest BCUT2D eigenvalue weighted by atomic mass is 10.1. The highest BCUT2D eigenvalue weighted by atomic mass is 16.7. The number of aromatic nitrogens is 2. The van der Waals surface area contributed by atoms with Crippen LogP contribution in [0.2, 0.25) is 0 Å². The predicted molar refractivity (Wildman–Crippen MR) is 74.7 cm³/mol. The third-order valence-corrected chi connectivity index (χ3v) is 2.66. The van der Waals surface area contributed by atoms with Crippen LogP contribution in [0.25, 0.3) is 0 Å². The van der Waals surface area contributed by atoms with Gasteiger partial charge < -0.3 is 18.9 Å². The van der Waals surface area contributed by atoms with E-state index in [9.17, 15) is 9.59 Å².